The molecule has 1 aliphatic heterocycles. The number of rotatable bonds is 22. The summed E-state index contributed by atoms with van der Waals surface area (Å²) in [5, 5.41) is 24.2. The van der Waals surface area contributed by atoms with Crippen molar-refractivity contribution in [3.8, 4) is 28.8 Å². The second kappa shape index (κ2) is 26.0. The molecule has 0 unspecified atom stereocenters. The largest absolute Gasteiger partial charge is 0.491 e. The lowest BCUT2D eigenvalue weighted by atomic mass is 9.49. The monoisotopic (exact) mass is 1130 g/mol. The fourth-order valence-corrected chi connectivity index (χ4v) is 13.0. The standard InChI is InChI=1S/C62H78ClN7O9S/c1-39(69(9)59(74)79-60(2,3)4)53(71)67-52(40-16-11-10-12-17-40)56(73)70-30-15-20-50(70)55-66-49(38-80-55)46-27-28-51(47-19-14-13-18-45(46)47)77-35-34-76-33-32-75-31-29-65-43-24-21-41(22-25-43)54(72)68-57-61(5,6)58(62(57,7)8)78-44-26-23-42(37-64)48(63)36-44/h13-14,18-19,21-28,36,38-40,50,52,57-58,65H,10-12,15-17,20,29-35H2,1-9H3,(H,67,71)(H,68,72)/t39-,50-,52-,57?,58?/m0/s1. The Bertz CT molecular complexity index is 3000. The molecular formula is C62H78ClN7O9S. The number of ether oxygens (including phenoxy) is 5. The van der Waals surface area contributed by atoms with Gasteiger partial charge in [-0.2, -0.15) is 5.26 Å². The summed E-state index contributed by atoms with van der Waals surface area (Å²) in [7, 11) is 1.55. The predicted octanol–water partition coefficient (Wildman–Crippen LogP) is 11.6. The van der Waals surface area contributed by atoms with E-state index in [2.05, 4.69) is 61.2 Å². The van der Waals surface area contributed by atoms with Gasteiger partial charge in [0.15, 0.2) is 0 Å². The van der Waals surface area contributed by atoms with E-state index in [9.17, 15) is 24.4 Å². The van der Waals surface area contributed by atoms with Crippen molar-refractivity contribution < 1.29 is 42.9 Å². The Morgan fingerprint density at radius 1 is 0.875 bits per heavy atom. The first-order valence-electron chi connectivity index (χ1n) is 28.0. The average molecular weight is 1130 g/mol. The van der Waals surface area contributed by atoms with Crippen LogP contribution in [0.5, 0.6) is 11.5 Å². The molecular weight excluding hydrogens is 1050 g/mol. The van der Waals surface area contributed by atoms with Gasteiger partial charge in [-0.25, -0.2) is 9.78 Å². The van der Waals surface area contributed by atoms with Gasteiger partial charge in [0, 0.05) is 70.7 Å². The topological polar surface area (TPSA) is 194 Å². The van der Waals surface area contributed by atoms with E-state index in [0.29, 0.717) is 68.0 Å². The molecule has 4 aromatic carbocycles. The summed E-state index contributed by atoms with van der Waals surface area (Å²) in [5.41, 5.74) is 2.17. The summed E-state index contributed by atoms with van der Waals surface area (Å²) in [5.74, 6) is 0.707. The van der Waals surface area contributed by atoms with Crippen LogP contribution < -0.4 is 25.4 Å². The van der Waals surface area contributed by atoms with Gasteiger partial charge in [-0.1, -0.05) is 82.8 Å². The molecule has 8 rings (SSSR count). The van der Waals surface area contributed by atoms with Gasteiger partial charge in [-0.3, -0.25) is 19.3 Å². The van der Waals surface area contributed by atoms with E-state index in [0.717, 1.165) is 83.4 Å². The van der Waals surface area contributed by atoms with E-state index in [1.807, 2.05) is 59.5 Å². The zero-order chi connectivity index (χ0) is 57.4. The molecule has 3 atom stereocenters. The number of nitriles is 1. The molecule has 18 heteroatoms. The third-order valence-corrected chi connectivity index (χ3v) is 17.1. The highest BCUT2D eigenvalue weighted by molar-refractivity contribution is 7.10. The number of thiazole rings is 1. The third-order valence-electron chi connectivity index (χ3n) is 15.8. The zero-order valence-electron chi connectivity index (χ0n) is 47.7. The number of amides is 4. The van der Waals surface area contributed by atoms with Crippen LogP contribution in [0.3, 0.4) is 0 Å². The Balaban J connectivity index is 0.764. The molecule has 3 aliphatic rings. The average Bonchev–Trinajstić information content (AvgIpc) is 4.22. The number of nitrogens with one attached hydrogen (secondary N) is 3. The minimum absolute atomic E-state index is 0.00391. The minimum Gasteiger partial charge on any atom is -0.491 e. The van der Waals surface area contributed by atoms with Crippen LogP contribution in [-0.4, -0.2) is 122 Å². The molecule has 2 heterocycles. The predicted molar refractivity (Wildman–Crippen MR) is 312 cm³/mol. The summed E-state index contributed by atoms with van der Waals surface area (Å²) >= 11 is 7.81. The SMILES string of the molecule is C[C@@H](C(=O)N[C@H](C(=O)N1CCC[C@H]1c1nc(-c2ccc(OCCOCCOCCNc3ccc(C(=O)NC4C(C)(C)C(Oc5ccc(C#N)c(Cl)c5)C4(C)C)cc3)c3ccccc23)cs1)C1CCCCC1)N(C)C(=O)OC(C)(C)C. The van der Waals surface area contributed by atoms with Crippen molar-refractivity contribution in [3.63, 3.8) is 0 Å². The Morgan fingerprint density at radius 3 is 2.25 bits per heavy atom. The Labute approximate surface area is 480 Å². The first kappa shape index (κ1) is 59.7. The number of hydrogen-bond acceptors (Lipinski definition) is 13. The smallest absolute Gasteiger partial charge is 0.410 e. The van der Waals surface area contributed by atoms with E-state index >= 15 is 0 Å². The highest BCUT2D eigenvalue weighted by Gasteiger charge is 2.64. The second-order valence-corrected chi connectivity index (χ2v) is 24.7. The van der Waals surface area contributed by atoms with E-state index in [1.165, 1.54) is 4.90 Å². The number of likely N-dealkylation sites (N-methyl/N-ethyl adjacent to an activating group) is 1. The van der Waals surface area contributed by atoms with Crippen LogP contribution in [0, 0.1) is 28.1 Å². The van der Waals surface area contributed by atoms with Crippen molar-refractivity contribution in [1.82, 2.24) is 25.4 Å². The Kier molecular flexibility index (Phi) is 19.4. The summed E-state index contributed by atoms with van der Waals surface area (Å²) < 4.78 is 29.8. The van der Waals surface area contributed by atoms with E-state index in [1.54, 1.807) is 64.3 Å². The Hall–Kier alpha value is -6.45. The molecule has 4 amide bonds. The number of likely N-dealkylation sites (tertiary alicyclic amines) is 1. The van der Waals surface area contributed by atoms with E-state index < -0.39 is 23.8 Å². The summed E-state index contributed by atoms with van der Waals surface area (Å²) in [6, 6.07) is 24.7. The molecule has 3 N–H and O–H groups in total. The van der Waals surface area contributed by atoms with Crippen molar-refractivity contribution >= 4 is 63.2 Å². The fraction of sp³-hybridized carbons (Fsp3) is 0.516. The van der Waals surface area contributed by atoms with Gasteiger partial charge in [0.1, 0.15) is 53.0 Å². The van der Waals surface area contributed by atoms with Crippen LogP contribution in [-0.2, 0) is 23.8 Å². The molecule has 2 saturated carbocycles. The number of carbonyl (C=O) groups excluding carboxylic acids is 4. The van der Waals surface area contributed by atoms with E-state index in [4.69, 9.17) is 40.3 Å². The van der Waals surface area contributed by atoms with Crippen LogP contribution in [0.15, 0.2) is 84.2 Å². The number of anilines is 1. The van der Waals surface area contributed by atoms with Crippen LogP contribution in [0.4, 0.5) is 10.5 Å². The molecule has 0 spiro atoms. The van der Waals surface area contributed by atoms with Crippen LogP contribution in [0.25, 0.3) is 22.0 Å². The number of aromatic nitrogens is 1. The molecule has 16 nitrogen and oxygen atoms in total. The Morgan fingerprint density at radius 2 is 1.56 bits per heavy atom. The fourth-order valence-electron chi connectivity index (χ4n) is 11.8. The molecule has 80 heavy (non-hydrogen) atoms. The first-order chi connectivity index (χ1) is 38.2. The molecule has 0 radical (unpaired) electrons. The van der Waals surface area contributed by atoms with Gasteiger partial charge >= 0.3 is 6.09 Å². The third kappa shape index (κ3) is 14.0. The van der Waals surface area contributed by atoms with Gasteiger partial charge < -0.3 is 44.5 Å². The first-order valence-corrected chi connectivity index (χ1v) is 29.3. The van der Waals surface area contributed by atoms with Gasteiger partial charge in [-0.05, 0) is 113 Å². The van der Waals surface area contributed by atoms with Gasteiger partial charge in [0.25, 0.3) is 5.91 Å². The van der Waals surface area contributed by atoms with E-state index in [-0.39, 0.29) is 52.7 Å². The highest BCUT2D eigenvalue weighted by atomic mass is 35.5. The van der Waals surface area contributed by atoms with Crippen molar-refractivity contribution in [3.05, 3.63) is 105 Å². The van der Waals surface area contributed by atoms with Crippen molar-refractivity contribution in [2.75, 3.05) is 58.5 Å². The number of carbonyl (C=O) groups is 4. The van der Waals surface area contributed by atoms with Crippen molar-refractivity contribution in [2.24, 2.45) is 16.7 Å². The van der Waals surface area contributed by atoms with Crippen LogP contribution in [0.2, 0.25) is 5.02 Å². The van der Waals surface area contributed by atoms with Crippen molar-refractivity contribution in [2.45, 2.75) is 136 Å². The lowest BCUT2D eigenvalue weighted by molar-refractivity contribution is -0.164. The molecule has 0 bridgehead atoms. The molecule has 1 aromatic heterocycles. The van der Waals surface area contributed by atoms with Crippen LogP contribution in [0.1, 0.15) is 127 Å². The lowest BCUT2D eigenvalue weighted by Gasteiger charge is -2.63. The normalized spacial score (nSPS) is 19.5. The molecule has 1 saturated heterocycles. The number of nitrogens with zero attached hydrogens (tertiary/aromatic N) is 4. The number of hydrogen-bond donors (Lipinski definition) is 3. The number of benzene rings is 4. The molecule has 5 aromatic rings. The lowest BCUT2D eigenvalue weighted by Crippen LogP contribution is -2.74. The van der Waals surface area contributed by atoms with Gasteiger partial charge in [-0.15, -0.1) is 11.3 Å². The van der Waals surface area contributed by atoms with Crippen molar-refractivity contribution in [1.29, 1.82) is 5.26 Å². The van der Waals surface area contributed by atoms with Crippen LogP contribution >= 0.6 is 22.9 Å². The highest BCUT2D eigenvalue weighted by Crippen LogP contribution is 2.56. The maximum absolute atomic E-state index is 14.7. The van der Waals surface area contributed by atoms with Gasteiger partial charge in [0.05, 0.1) is 48.7 Å². The maximum atomic E-state index is 14.7. The minimum atomic E-state index is -0.836. The second-order valence-electron chi connectivity index (χ2n) is 23.4. The number of fused-ring (bicyclic) bond motifs is 1. The maximum Gasteiger partial charge on any atom is 0.410 e. The summed E-state index contributed by atoms with van der Waals surface area (Å²) in [6.07, 6.45) is 5.64. The molecule has 428 valence electrons. The quantitative estimate of drug-likeness (QED) is 0.0556. The number of halogens is 1. The summed E-state index contributed by atoms with van der Waals surface area (Å²) in [4.78, 5) is 63.1. The molecule has 3 fully saturated rings. The molecule has 2 aliphatic carbocycles. The summed E-state index contributed by atoms with van der Waals surface area (Å²) in [6.45, 7) is 18.5. The zero-order valence-corrected chi connectivity index (χ0v) is 49.3. The van der Waals surface area contributed by atoms with Gasteiger partial charge in [0.2, 0.25) is 11.8 Å².